The summed E-state index contributed by atoms with van der Waals surface area (Å²) in [6.45, 7) is 5.16. The van der Waals surface area contributed by atoms with Crippen LogP contribution >= 0.6 is 0 Å². The highest BCUT2D eigenvalue weighted by molar-refractivity contribution is 5.75. The van der Waals surface area contributed by atoms with Crippen LogP contribution in [0.2, 0.25) is 0 Å². The van der Waals surface area contributed by atoms with E-state index < -0.39 is 5.60 Å². The first-order valence-electron chi connectivity index (χ1n) is 6.60. The molecule has 0 heterocycles. The molecule has 5 nitrogen and oxygen atoms in total. The van der Waals surface area contributed by atoms with Crippen LogP contribution in [0.4, 0.5) is 0 Å². The van der Waals surface area contributed by atoms with E-state index in [0.29, 0.717) is 0 Å². The van der Waals surface area contributed by atoms with Crippen LogP contribution in [0.1, 0.15) is 38.7 Å². The molecule has 1 aromatic rings. The van der Waals surface area contributed by atoms with E-state index >= 15 is 0 Å². The van der Waals surface area contributed by atoms with Gasteiger partial charge in [0.1, 0.15) is 11.4 Å². The van der Waals surface area contributed by atoms with Crippen LogP contribution in [0, 0.1) is 0 Å². The van der Waals surface area contributed by atoms with Crippen LogP contribution in [0.5, 0.6) is 5.75 Å². The van der Waals surface area contributed by atoms with Gasteiger partial charge in [-0.2, -0.15) is 0 Å². The molecule has 1 rings (SSSR count). The number of aliphatic hydroxyl groups is 1. The van der Waals surface area contributed by atoms with Gasteiger partial charge in [0, 0.05) is 6.42 Å². The zero-order valence-electron chi connectivity index (χ0n) is 12.5. The Balaban J connectivity index is 2.57. The SMILES string of the molecule is COc1ccccc1[C@@H](C)CC(=O)NOC(C)(C)CO. The highest BCUT2D eigenvalue weighted by Gasteiger charge is 2.20. The van der Waals surface area contributed by atoms with Crippen molar-refractivity contribution < 1.29 is 19.5 Å². The number of aliphatic hydroxyl groups excluding tert-OH is 1. The van der Waals surface area contributed by atoms with E-state index in [2.05, 4.69) is 5.48 Å². The van der Waals surface area contributed by atoms with E-state index in [4.69, 9.17) is 14.7 Å². The molecule has 0 aliphatic rings. The number of hydrogen-bond acceptors (Lipinski definition) is 4. The Morgan fingerprint density at radius 3 is 2.65 bits per heavy atom. The minimum atomic E-state index is -0.788. The minimum absolute atomic E-state index is 0.00647. The second-order valence-corrected chi connectivity index (χ2v) is 5.39. The molecular weight excluding hydrogens is 258 g/mol. The molecule has 0 fully saturated rings. The fourth-order valence-electron chi connectivity index (χ4n) is 1.73. The summed E-state index contributed by atoms with van der Waals surface area (Å²) in [5.74, 6) is 0.543. The lowest BCUT2D eigenvalue weighted by atomic mass is 9.96. The Morgan fingerprint density at radius 1 is 1.40 bits per heavy atom. The summed E-state index contributed by atoms with van der Waals surface area (Å²) in [6, 6.07) is 7.62. The zero-order chi connectivity index (χ0) is 15.2. The molecule has 5 heteroatoms. The maximum Gasteiger partial charge on any atom is 0.244 e. The van der Waals surface area contributed by atoms with Crippen molar-refractivity contribution in [2.75, 3.05) is 13.7 Å². The van der Waals surface area contributed by atoms with Crippen molar-refractivity contribution in [2.45, 2.75) is 38.7 Å². The predicted octanol–water partition coefficient (Wildman–Crippen LogP) is 2.01. The third kappa shape index (κ3) is 4.83. The fourth-order valence-corrected chi connectivity index (χ4v) is 1.73. The van der Waals surface area contributed by atoms with E-state index in [1.807, 2.05) is 31.2 Å². The largest absolute Gasteiger partial charge is 0.496 e. The van der Waals surface area contributed by atoms with Gasteiger partial charge in [-0.05, 0) is 31.4 Å². The number of carbonyl (C=O) groups is 1. The average molecular weight is 281 g/mol. The van der Waals surface area contributed by atoms with E-state index in [-0.39, 0.29) is 24.9 Å². The maximum absolute atomic E-state index is 11.8. The van der Waals surface area contributed by atoms with Crippen LogP contribution < -0.4 is 10.2 Å². The molecule has 0 aliphatic heterocycles. The van der Waals surface area contributed by atoms with Crippen LogP contribution in [-0.4, -0.2) is 30.3 Å². The monoisotopic (exact) mass is 281 g/mol. The predicted molar refractivity (Wildman–Crippen MR) is 76.4 cm³/mol. The van der Waals surface area contributed by atoms with Crippen molar-refractivity contribution in [2.24, 2.45) is 0 Å². The van der Waals surface area contributed by atoms with Gasteiger partial charge in [-0.15, -0.1) is 0 Å². The van der Waals surface area contributed by atoms with E-state index in [1.54, 1.807) is 21.0 Å². The second-order valence-electron chi connectivity index (χ2n) is 5.39. The number of nitrogens with one attached hydrogen (secondary N) is 1. The van der Waals surface area contributed by atoms with Crippen molar-refractivity contribution in [1.82, 2.24) is 5.48 Å². The summed E-state index contributed by atoms with van der Waals surface area (Å²) >= 11 is 0. The first kappa shape index (κ1) is 16.5. The number of ether oxygens (including phenoxy) is 1. The van der Waals surface area contributed by atoms with Crippen molar-refractivity contribution >= 4 is 5.91 Å². The standard InChI is InChI=1S/C15H23NO4/c1-11(12-7-5-6-8-13(12)19-4)9-14(18)16-20-15(2,3)10-17/h5-8,11,17H,9-10H2,1-4H3,(H,16,18)/t11-/m0/s1. The van der Waals surface area contributed by atoms with Gasteiger partial charge in [0.25, 0.3) is 0 Å². The summed E-state index contributed by atoms with van der Waals surface area (Å²) in [5.41, 5.74) is 2.56. The molecule has 0 spiro atoms. The molecule has 0 radical (unpaired) electrons. The first-order valence-corrected chi connectivity index (χ1v) is 6.60. The van der Waals surface area contributed by atoms with Crippen molar-refractivity contribution in [3.8, 4) is 5.75 Å². The molecule has 0 aromatic heterocycles. The van der Waals surface area contributed by atoms with Gasteiger partial charge in [-0.25, -0.2) is 5.48 Å². The highest BCUT2D eigenvalue weighted by atomic mass is 16.7. The van der Waals surface area contributed by atoms with Gasteiger partial charge in [-0.3, -0.25) is 9.63 Å². The van der Waals surface area contributed by atoms with Crippen LogP contribution in [0.25, 0.3) is 0 Å². The van der Waals surface area contributed by atoms with Gasteiger partial charge in [-0.1, -0.05) is 25.1 Å². The van der Waals surface area contributed by atoms with Crippen LogP contribution in [-0.2, 0) is 9.63 Å². The highest BCUT2D eigenvalue weighted by Crippen LogP contribution is 2.28. The zero-order valence-corrected chi connectivity index (χ0v) is 12.5. The Hall–Kier alpha value is -1.59. The lowest BCUT2D eigenvalue weighted by Gasteiger charge is -2.22. The van der Waals surface area contributed by atoms with E-state index in [0.717, 1.165) is 11.3 Å². The first-order chi connectivity index (χ1) is 9.39. The normalized spacial score (nSPS) is 12.8. The number of para-hydroxylation sites is 1. The van der Waals surface area contributed by atoms with E-state index in [1.165, 1.54) is 0 Å². The molecule has 0 aliphatic carbocycles. The number of methoxy groups -OCH3 is 1. The number of rotatable bonds is 7. The Kier molecular flexibility index (Phi) is 5.98. The Bertz CT molecular complexity index is 445. The number of hydrogen-bond donors (Lipinski definition) is 2. The molecule has 0 bridgehead atoms. The minimum Gasteiger partial charge on any atom is -0.496 e. The average Bonchev–Trinajstić information content (AvgIpc) is 2.45. The summed E-state index contributed by atoms with van der Waals surface area (Å²) in [5, 5.41) is 9.04. The molecule has 0 saturated heterocycles. The lowest BCUT2D eigenvalue weighted by molar-refractivity contribution is -0.153. The number of hydroxylamine groups is 1. The summed E-state index contributed by atoms with van der Waals surface area (Å²) in [4.78, 5) is 17.0. The van der Waals surface area contributed by atoms with Crippen molar-refractivity contribution in [1.29, 1.82) is 0 Å². The quantitative estimate of drug-likeness (QED) is 0.750. The van der Waals surface area contributed by atoms with Gasteiger partial charge in [0.2, 0.25) is 5.91 Å². The van der Waals surface area contributed by atoms with Crippen LogP contribution in [0.3, 0.4) is 0 Å². The van der Waals surface area contributed by atoms with Gasteiger partial charge >= 0.3 is 0 Å². The molecule has 112 valence electrons. The molecule has 1 atom stereocenters. The Labute approximate surface area is 119 Å². The van der Waals surface area contributed by atoms with E-state index in [9.17, 15) is 4.79 Å². The van der Waals surface area contributed by atoms with Gasteiger partial charge in [0.05, 0.1) is 13.7 Å². The molecular formula is C15H23NO4. The summed E-state index contributed by atoms with van der Waals surface area (Å²) < 4.78 is 5.28. The van der Waals surface area contributed by atoms with Crippen molar-refractivity contribution in [3.05, 3.63) is 29.8 Å². The number of amides is 1. The second kappa shape index (κ2) is 7.26. The third-order valence-corrected chi connectivity index (χ3v) is 2.98. The Morgan fingerprint density at radius 2 is 2.05 bits per heavy atom. The fraction of sp³-hybridized carbons (Fsp3) is 0.533. The smallest absolute Gasteiger partial charge is 0.244 e. The molecule has 0 saturated carbocycles. The molecule has 20 heavy (non-hydrogen) atoms. The van der Waals surface area contributed by atoms with Gasteiger partial charge in [0.15, 0.2) is 0 Å². The number of benzene rings is 1. The van der Waals surface area contributed by atoms with Crippen molar-refractivity contribution in [3.63, 3.8) is 0 Å². The maximum atomic E-state index is 11.8. The third-order valence-electron chi connectivity index (χ3n) is 2.98. The topological polar surface area (TPSA) is 67.8 Å². The molecule has 0 unspecified atom stereocenters. The number of carbonyl (C=O) groups excluding carboxylic acids is 1. The molecule has 1 aromatic carbocycles. The lowest BCUT2D eigenvalue weighted by Crippen LogP contribution is -2.38. The van der Waals surface area contributed by atoms with Gasteiger partial charge < -0.3 is 9.84 Å². The molecule has 1 amide bonds. The van der Waals surface area contributed by atoms with Crippen LogP contribution in [0.15, 0.2) is 24.3 Å². The summed E-state index contributed by atoms with van der Waals surface area (Å²) in [6.07, 6.45) is 0.280. The molecule has 2 N–H and O–H groups in total. The summed E-state index contributed by atoms with van der Waals surface area (Å²) in [7, 11) is 1.61.